The largest absolute Gasteiger partial charge is 0.341 e. The molecule has 160 valence electrons. The summed E-state index contributed by atoms with van der Waals surface area (Å²) in [6.45, 7) is 4.39. The summed E-state index contributed by atoms with van der Waals surface area (Å²) in [4.78, 5) is 26.8. The number of hydrogen-bond acceptors (Lipinski definition) is 4. The van der Waals surface area contributed by atoms with E-state index in [2.05, 4.69) is 5.32 Å². The van der Waals surface area contributed by atoms with E-state index in [1.807, 2.05) is 13.0 Å². The van der Waals surface area contributed by atoms with Gasteiger partial charge in [0.15, 0.2) is 0 Å². The van der Waals surface area contributed by atoms with E-state index in [1.165, 1.54) is 16.4 Å². The van der Waals surface area contributed by atoms with Crippen LogP contribution in [0.3, 0.4) is 0 Å². The number of amides is 2. The van der Waals surface area contributed by atoms with Gasteiger partial charge in [-0.3, -0.25) is 9.59 Å². The van der Waals surface area contributed by atoms with Gasteiger partial charge in [0.1, 0.15) is 6.04 Å². The van der Waals surface area contributed by atoms with E-state index >= 15 is 0 Å². The maximum Gasteiger partial charge on any atom is 0.251 e. The second-order valence-electron chi connectivity index (χ2n) is 7.25. The lowest BCUT2D eigenvalue weighted by atomic mass is 10.1. The Morgan fingerprint density at radius 2 is 1.70 bits per heavy atom. The van der Waals surface area contributed by atoms with Gasteiger partial charge in [-0.05, 0) is 44.2 Å². The molecule has 3 rings (SSSR count). The van der Waals surface area contributed by atoms with Gasteiger partial charge >= 0.3 is 0 Å². The minimum absolute atomic E-state index is 0.133. The first-order valence-corrected chi connectivity index (χ1v) is 11.4. The van der Waals surface area contributed by atoms with Gasteiger partial charge in [-0.2, -0.15) is 4.31 Å². The summed E-state index contributed by atoms with van der Waals surface area (Å²) in [5.41, 5.74) is 1.45. The minimum Gasteiger partial charge on any atom is -0.341 e. The van der Waals surface area contributed by atoms with Crippen molar-refractivity contribution in [2.24, 2.45) is 0 Å². The van der Waals surface area contributed by atoms with E-state index in [-0.39, 0.29) is 42.9 Å². The highest BCUT2D eigenvalue weighted by atomic mass is 35.5. The quantitative estimate of drug-likeness (QED) is 0.758. The second-order valence-corrected chi connectivity index (χ2v) is 9.63. The number of benzene rings is 2. The average molecular weight is 450 g/mol. The van der Waals surface area contributed by atoms with Crippen molar-refractivity contribution in [3.63, 3.8) is 0 Å². The van der Waals surface area contributed by atoms with Crippen molar-refractivity contribution < 1.29 is 18.0 Å². The van der Waals surface area contributed by atoms with Crippen LogP contribution in [0.1, 0.15) is 22.8 Å². The molecule has 2 aromatic carbocycles. The zero-order valence-corrected chi connectivity index (χ0v) is 18.4. The summed E-state index contributed by atoms with van der Waals surface area (Å²) in [7, 11) is -3.67. The van der Waals surface area contributed by atoms with Crippen LogP contribution < -0.4 is 5.32 Å². The molecule has 1 atom stereocenters. The van der Waals surface area contributed by atoms with E-state index in [4.69, 9.17) is 11.6 Å². The van der Waals surface area contributed by atoms with Crippen molar-refractivity contribution in [1.29, 1.82) is 0 Å². The van der Waals surface area contributed by atoms with Gasteiger partial charge < -0.3 is 10.2 Å². The van der Waals surface area contributed by atoms with E-state index in [0.717, 1.165) is 5.56 Å². The number of hydrogen-bond donors (Lipinski definition) is 1. The molecule has 2 aromatic rings. The highest BCUT2D eigenvalue weighted by molar-refractivity contribution is 7.89. The monoisotopic (exact) mass is 449 g/mol. The molecule has 0 radical (unpaired) electrons. The maximum atomic E-state index is 12.8. The fourth-order valence-corrected chi connectivity index (χ4v) is 5.05. The standard InChI is InChI=1S/C21H24ClN3O4S/c1-15-5-3-6-17(13-15)20(26)23-16(2)21(27)24-9-11-25(12-10-24)30(28,29)19-8-4-7-18(22)14-19/h3-8,13-14,16H,9-12H2,1-2H3,(H,23,26). The van der Waals surface area contributed by atoms with Crippen molar-refractivity contribution in [3.05, 3.63) is 64.7 Å². The van der Waals surface area contributed by atoms with Crippen LogP contribution in [0, 0.1) is 6.92 Å². The molecule has 2 amide bonds. The molecule has 7 nitrogen and oxygen atoms in total. The highest BCUT2D eigenvalue weighted by Gasteiger charge is 2.32. The van der Waals surface area contributed by atoms with Gasteiger partial charge in [-0.15, -0.1) is 0 Å². The number of sulfonamides is 1. The average Bonchev–Trinajstić information content (AvgIpc) is 2.73. The normalized spacial score (nSPS) is 16.2. The zero-order chi connectivity index (χ0) is 21.9. The van der Waals surface area contributed by atoms with Crippen LogP contribution in [-0.4, -0.2) is 61.7 Å². The Balaban J connectivity index is 1.59. The van der Waals surface area contributed by atoms with Crippen LogP contribution in [0.5, 0.6) is 0 Å². The van der Waals surface area contributed by atoms with Crippen LogP contribution >= 0.6 is 11.6 Å². The van der Waals surface area contributed by atoms with Crippen molar-refractivity contribution in [2.75, 3.05) is 26.2 Å². The number of carbonyl (C=O) groups is 2. The van der Waals surface area contributed by atoms with Gasteiger partial charge in [0, 0.05) is 36.8 Å². The van der Waals surface area contributed by atoms with Crippen LogP contribution in [0.4, 0.5) is 0 Å². The highest BCUT2D eigenvalue weighted by Crippen LogP contribution is 2.21. The molecule has 1 unspecified atom stereocenters. The minimum atomic E-state index is -3.67. The van der Waals surface area contributed by atoms with Gasteiger partial charge in [0.25, 0.3) is 5.91 Å². The first-order valence-electron chi connectivity index (χ1n) is 9.60. The number of nitrogens with one attached hydrogen (secondary N) is 1. The topological polar surface area (TPSA) is 86.8 Å². The summed E-state index contributed by atoms with van der Waals surface area (Å²) in [5, 5.41) is 3.07. The van der Waals surface area contributed by atoms with E-state index in [0.29, 0.717) is 10.6 Å². The van der Waals surface area contributed by atoms with Crippen molar-refractivity contribution in [1.82, 2.24) is 14.5 Å². The first kappa shape index (κ1) is 22.3. The summed E-state index contributed by atoms with van der Waals surface area (Å²) < 4.78 is 26.9. The smallest absolute Gasteiger partial charge is 0.251 e. The Morgan fingerprint density at radius 3 is 2.33 bits per heavy atom. The van der Waals surface area contributed by atoms with Crippen molar-refractivity contribution in [2.45, 2.75) is 24.8 Å². The number of halogens is 1. The number of nitrogens with zero attached hydrogens (tertiary/aromatic N) is 2. The van der Waals surface area contributed by atoms with Crippen LogP contribution in [-0.2, 0) is 14.8 Å². The van der Waals surface area contributed by atoms with Crippen LogP contribution in [0.15, 0.2) is 53.4 Å². The molecule has 1 N–H and O–H groups in total. The summed E-state index contributed by atoms with van der Waals surface area (Å²) in [6, 6.07) is 12.5. The summed E-state index contributed by atoms with van der Waals surface area (Å²) >= 11 is 5.91. The fraction of sp³-hybridized carbons (Fsp3) is 0.333. The molecule has 1 saturated heterocycles. The number of piperazine rings is 1. The number of rotatable bonds is 5. The van der Waals surface area contributed by atoms with Gasteiger partial charge in [0.2, 0.25) is 15.9 Å². The van der Waals surface area contributed by atoms with Crippen LogP contribution in [0.2, 0.25) is 5.02 Å². The summed E-state index contributed by atoms with van der Waals surface area (Å²) in [5.74, 6) is -0.558. The molecule has 1 fully saturated rings. The lowest BCUT2D eigenvalue weighted by Gasteiger charge is -2.35. The third-order valence-corrected chi connectivity index (χ3v) is 7.11. The van der Waals surface area contributed by atoms with Gasteiger partial charge in [-0.25, -0.2) is 8.42 Å². The van der Waals surface area contributed by atoms with E-state index in [1.54, 1.807) is 42.2 Å². The Morgan fingerprint density at radius 1 is 1.03 bits per heavy atom. The SMILES string of the molecule is Cc1cccc(C(=O)NC(C)C(=O)N2CCN(S(=O)(=O)c3cccc(Cl)c3)CC2)c1. The molecule has 1 heterocycles. The molecule has 0 bridgehead atoms. The van der Waals surface area contributed by atoms with E-state index in [9.17, 15) is 18.0 Å². The Kier molecular flexibility index (Phi) is 6.80. The predicted octanol–water partition coefficient (Wildman–Crippen LogP) is 2.30. The molecular formula is C21H24ClN3O4S. The predicted molar refractivity (Wildman–Crippen MR) is 115 cm³/mol. The first-order chi connectivity index (χ1) is 14.2. The number of carbonyl (C=O) groups excluding carboxylic acids is 2. The summed E-state index contributed by atoms with van der Waals surface area (Å²) in [6.07, 6.45) is 0. The molecular weight excluding hydrogens is 426 g/mol. The zero-order valence-electron chi connectivity index (χ0n) is 16.8. The molecule has 0 spiro atoms. The molecule has 0 saturated carbocycles. The van der Waals surface area contributed by atoms with Crippen LogP contribution in [0.25, 0.3) is 0 Å². The molecule has 0 aliphatic carbocycles. The Bertz CT molecular complexity index is 1050. The van der Waals surface area contributed by atoms with Crippen molar-refractivity contribution in [3.8, 4) is 0 Å². The molecule has 9 heteroatoms. The lowest BCUT2D eigenvalue weighted by molar-refractivity contribution is -0.134. The third-order valence-electron chi connectivity index (χ3n) is 4.98. The fourth-order valence-electron chi connectivity index (χ4n) is 3.33. The molecule has 0 aromatic heterocycles. The van der Waals surface area contributed by atoms with E-state index < -0.39 is 16.1 Å². The molecule has 1 aliphatic rings. The van der Waals surface area contributed by atoms with Gasteiger partial charge in [-0.1, -0.05) is 35.4 Å². The van der Waals surface area contributed by atoms with Crippen molar-refractivity contribution >= 4 is 33.4 Å². The third kappa shape index (κ3) is 5.00. The Labute approximate surface area is 181 Å². The maximum absolute atomic E-state index is 12.8. The second kappa shape index (κ2) is 9.16. The molecule has 1 aliphatic heterocycles. The molecule has 30 heavy (non-hydrogen) atoms. The number of aryl methyl sites for hydroxylation is 1. The lowest BCUT2D eigenvalue weighted by Crippen LogP contribution is -2.55. The van der Waals surface area contributed by atoms with Gasteiger partial charge in [0.05, 0.1) is 4.90 Å². The Hall–Kier alpha value is -2.42.